The van der Waals surface area contributed by atoms with Gasteiger partial charge in [-0.1, -0.05) is 6.07 Å². The molecule has 1 unspecified atom stereocenters. The van der Waals surface area contributed by atoms with Gasteiger partial charge in [-0.05, 0) is 56.9 Å². The Morgan fingerprint density at radius 1 is 1.39 bits per heavy atom. The van der Waals surface area contributed by atoms with Crippen LogP contribution in [0.5, 0.6) is 0 Å². The van der Waals surface area contributed by atoms with E-state index in [9.17, 15) is 5.26 Å². The van der Waals surface area contributed by atoms with E-state index in [1.54, 1.807) is 11.8 Å². The molecule has 1 fully saturated rings. The van der Waals surface area contributed by atoms with Crippen LogP contribution in [0.1, 0.15) is 30.9 Å². The van der Waals surface area contributed by atoms with Gasteiger partial charge in [0.1, 0.15) is 5.54 Å². The Kier molecular flexibility index (Phi) is 3.99. The molecule has 0 amide bonds. The Balaban J connectivity index is 1.96. The molecular formula is C15H20N2S. The number of nitrogens with one attached hydrogen (secondary N) is 1. The first kappa shape index (κ1) is 13.5. The number of hydrogen-bond donors (Lipinski definition) is 1. The van der Waals surface area contributed by atoms with Gasteiger partial charge in [0.25, 0.3) is 0 Å². The summed E-state index contributed by atoms with van der Waals surface area (Å²) < 4.78 is 0. The molecule has 2 rings (SSSR count). The van der Waals surface area contributed by atoms with E-state index in [-0.39, 0.29) is 0 Å². The van der Waals surface area contributed by atoms with Gasteiger partial charge in [0, 0.05) is 16.7 Å². The van der Waals surface area contributed by atoms with Crippen LogP contribution in [0, 0.1) is 25.2 Å². The van der Waals surface area contributed by atoms with Crippen molar-refractivity contribution in [2.75, 3.05) is 5.75 Å². The highest BCUT2D eigenvalue weighted by molar-refractivity contribution is 7.99. The predicted octanol–water partition coefficient (Wildman–Crippen LogP) is 3.43. The molecule has 96 valence electrons. The lowest BCUT2D eigenvalue weighted by molar-refractivity contribution is 0.490. The summed E-state index contributed by atoms with van der Waals surface area (Å²) in [5.41, 5.74) is 2.22. The highest BCUT2D eigenvalue weighted by Crippen LogP contribution is 2.28. The largest absolute Gasteiger partial charge is 0.296 e. The standard InChI is InChI=1S/C15H20N2S/c1-11-4-7-14(8-12(11)2)18-10-15(3,9-16)17-13-5-6-13/h4,7-8,13,17H,5-6,10H2,1-3H3. The van der Waals surface area contributed by atoms with Crippen molar-refractivity contribution < 1.29 is 0 Å². The monoisotopic (exact) mass is 260 g/mol. The SMILES string of the molecule is Cc1ccc(SCC(C)(C#N)NC2CC2)cc1C. The van der Waals surface area contributed by atoms with E-state index >= 15 is 0 Å². The molecule has 0 heterocycles. The van der Waals surface area contributed by atoms with Crippen molar-refractivity contribution in [1.82, 2.24) is 5.32 Å². The summed E-state index contributed by atoms with van der Waals surface area (Å²) in [4.78, 5) is 1.25. The summed E-state index contributed by atoms with van der Waals surface area (Å²) in [6, 6.07) is 9.47. The first-order chi connectivity index (χ1) is 8.52. The molecule has 18 heavy (non-hydrogen) atoms. The fraction of sp³-hybridized carbons (Fsp3) is 0.533. The van der Waals surface area contributed by atoms with Crippen LogP contribution >= 0.6 is 11.8 Å². The van der Waals surface area contributed by atoms with Crippen molar-refractivity contribution in [3.05, 3.63) is 29.3 Å². The Morgan fingerprint density at radius 3 is 2.67 bits per heavy atom. The van der Waals surface area contributed by atoms with E-state index in [2.05, 4.69) is 43.4 Å². The highest BCUT2D eigenvalue weighted by atomic mass is 32.2. The first-order valence-electron chi connectivity index (χ1n) is 6.41. The van der Waals surface area contributed by atoms with Gasteiger partial charge in [-0.3, -0.25) is 5.32 Å². The van der Waals surface area contributed by atoms with Crippen LogP contribution in [0.15, 0.2) is 23.1 Å². The molecule has 1 N–H and O–H groups in total. The fourth-order valence-electron chi connectivity index (χ4n) is 1.82. The van der Waals surface area contributed by atoms with E-state index in [0.717, 1.165) is 5.75 Å². The minimum absolute atomic E-state index is 0.412. The average Bonchev–Trinajstić information content (AvgIpc) is 3.15. The Hall–Kier alpha value is -0.980. The van der Waals surface area contributed by atoms with Crippen LogP contribution < -0.4 is 5.32 Å². The van der Waals surface area contributed by atoms with Gasteiger partial charge in [-0.15, -0.1) is 11.8 Å². The van der Waals surface area contributed by atoms with Crippen LogP contribution in [0.2, 0.25) is 0 Å². The second-order valence-electron chi connectivity index (χ2n) is 5.40. The topological polar surface area (TPSA) is 35.8 Å². The lowest BCUT2D eigenvalue weighted by Crippen LogP contribution is -2.44. The smallest absolute Gasteiger partial charge is 0.113 e. The number of hydrogen-bond acceptors (Lipinski definition) is 3. The molecule has 0 saturated heterocycles. The molecule has 1 aliphatic rings. The molecule has 0 spiro atoms. The highest BCUT2D eigenvalue weighted by Gasteiger charge is 2.32. The van der Waals surface area contributed by atoms with Crippen molar-refractivity contribution in [3.63, 3.8) is 0 Å². The summed E-state index contributed by atoms with van der Waals surface area (Å²) in [5, 5.41) is 12.7. The number of nitriles is 1. The maximum atomic E-state index is 9.31. The molecule has 1 atom stereocenters. The maximum Gasteiger partial charge on any atom is 0.113 e. The molecule has 2 nitrogen and oxygen atoms in total. The number of aryl methyl sites for hydroxylation is 2. The van der Waals surface area contributed by atoms with Crippen molar-refractivity contribution >= 4 is 11.8 Å². The molecular weight excluding hydrogens is 240 g/mol. The number of nitrogens with zero attached hydrogens (tertiary/aromatic N) is 1. The maximum absolute atomic E-state index is 9.31. The normalized spacial score (nSPS) is 18.1. The third kappa shape index (κ3) is 3.51. The van der Waals surface area contributed by atoms with Gasteiger partial charge in [0.2, 0.25) is 0 Å². The van der Waals surface area contributed by atoms with E-state index < -0.39 is 5.54 Å². The quantitative estimate of drug-likeness (QED) is 0.824. The van der Waals surface area contributed by atoms with Gasteiger partial charge >= 0.3 is 0 Å². The van der Waals surface area contributed by atoms with Crippen molar-refractivity contribution in [1.29, 1.82) is 5.26 Å². The molecule has 0 aromatic heterocycles. The Bertz CT molecular complexity index is 474. The molecule has 3 heteroatoms. The molecule has 1 saturated carbocycles. The zero-order valence-corrected chi connectivity index (χ0v) is 12.1. The molecule has 1 aromatic carbocycles. The molecule has 1 aromatic rings. The van der Waals surface area contributed by atoms with Crippen LogP contribution in [-0.4, -0.2) is 17.3 Å². The van der Waals surface area contributed by atoms with Crippen molar-refractivity contribution in [3.8, 4) is 6.07 Å². The predicted molar refractivity (Wildman–Crippen MR) is 76.8 cm³/mol. The van der Waals surface area contributed by atoms with Gasteiger partial charge in [-0.2, -0.15) is 5.26 Å². The minimum atomic E-state index is -0.412. The van der Waals surface area contributed by atoms with Crippen molar-refractivity contribution in [2.45, 2.75) is 50.1 Å². The van der Waals surface area contributed by atoms with Crippen LogP contribution in [0.3, 0.4) is 0 Å². The zero-order chi connectivity index (χ0) is 13.2. The summed E-state index contributed by atoms with van der Waals surface area (Å²) in [7, 11) is 0. The number of thioether (sulfide) groups is 1. The fourth-order valence-corrected chi connectivity index (χ4v) is 2.84. The summed E-state index contributed by atoms with van der Waals surface area (Å²) in [5.74, 6) is 0.794. The van der Waals surface area contributed by atoms with E-state index in [1.165, 1.54) is 28.9 Å². The van der Waals surface area contributed by atoms with Crippen LogP contribution in [-0.2, 0) is 0 Å². The van der Waals surface area contributed by atoms with Gasteiger partial charge in [-0.25, -0.2) is 0 Å². The molecule has 0 aliphatic heterocycles. The third-order valence-corrected chi connectivity index (χ3v) is 4.66. The van der Waals surface area contributed by atoms with Gasteiger partial charge in [0.05, 0.1) is 6.07 Å². The summed E-state index contributed by atoms with van der Waals surface area (Å²) >= 11 is 1.76. The Labute approximate surface area is 114 Å². The second kappa shape index (κ2) is 5.34. The zero-order valence-electron chi connectivity index (χ0n) is 11.3. The molecule has 1 aliphatic carbocycles. The number of rotatable bonds is 5. The van der Waals surface area contributed by atoms with Gasteiger partial charge < -0.3 is 0 Å². The number of benzene rings is 1. The summed E-state index contributed by atoms with van der Waals surface area (Å²) in [6.45, 7) is 6.25. The lowest BCUT2D eigenvalue weighted by Gasteiger charge is -2.22. The van der Waals surface area contributed by atoms with Gasteiger partial charge in [0.15, 0.2) is 0 Å². The van der Waals surface area contributed by atoms with E-state index in [0.29, 0.717) is 6.04 Å². The van der Waals surface area contributed by atoms with Crippen LogP contribution in [0.25, 0.3) is 0 Å². The van der Waals surface area contributed by atoms with E-state index in [4.69, 9.17) is 0 Å². The van der Waals surface area contributed by atoms with Crippen molar-refractivity contribution in [2.24, 2.45) is 0 Å². The third-order valence-electron chi connectivity index (χ3n) is 3.35. The minimum Gasteiger partial charge on any atom is -0.296 e. The first-order valence-corrected chi connectivity index (χ1v) is 7.40. The lowest BCUT2D eigenvalue weighted by atomic mass is 10.1. The van der Waals surface area contributed by atoms with E-state index in [1.807, 2.05) is 6.92 Å². The second-order valence-corrected chi connectivity index (χ2v) is 6.45. The molecule has 0 radical (unpaired) electrons. The molecule has 0 bridgehead atoms. The Morgan fingerprint density at radius 2 is 2.11 bits per heavy atom. The summed E-state index contributed by atoms with van der Waals surface area (Å²) in [6.07, 6.45) is 2.43. The van der Waals surface area contributed by atoms with Crippen LogP contribution in [0.4, 0.5) is 0 Å². The average molecular weight is 260 g/mol.